The van der Waals surface area contributed by atoms with E-state index in [1.807, 2.05) is 18.2 Å². The molecule has 3 nitrogen and oxygen atoms in total. The van der Waals surface area contributed by atoms with Crippen molar-refractivity contribution in [3.63, 3.8) is 0 Å². The fraction of sp³-hybridized carbons (Fsp3) is 0.214. The van der Waals surface area contributed by atoms with Crippen molar-refractivity contribution in [2.45, 2.75) is 13.2 Å². The Kier molecular flexibility index (Phi) is 4.73. The molecule has 0 saturated heterocycles. The number of halogens is 1. The number of pyridine rings is 1. The predicted molar refractivity (Wildman–Crippen MR) is 73.3 cm³/mol. The van der Waals surface area contributed by atoms with Gasteiger partial charge >= 0.3 is 0 Å². The monoisotopic (exact) mass is 306 g/mol. The van der Waals surface area contributed by atoms with E-state index in [0.717, 1.165) is 10.9 Å². The first-order valence-corrected chi connectivity index (χ1v) is 6.44. The lowest BCUT2D eigenvalue weighted by Crippen LogP contribution is -2.20. The van der Waals surface area contributed by atoms with E-state index in [0.29, 0.717) is 6.61 Å². The number of nitrogens with zero attached hydrogens (tertiary/aromatic N) is 1. The third-order valence-corrected chi connectivity index (χ3v) is 2.93. The van der Waals surface area contributed by atoms with Crippen LogP contribution in [0.4, 0.5) is 0 Å². The first-order valence-electron chi connectivity index (χ1n) is 5.65. The van der Waals surface area contributed by atoms with Gasteiger partial charge in [0.15, 0.2) is 0 Å². The molecule has 0 unspecified atom stereocenters. The van der Waals surface area contributed by atoms with Crippen LogP contribution in [0.1, 0.15) is 5.56 Å². The normalized spacial score (nSPS) is 10.5. The molecule has 0 saturated carbocycles. The highest BCUT2D eigenvalue weighted by Crippen LogP contribution is 2.04. The van der Waals surface area contributed by atoms with Gasteiger partial charge in [-0.05, 0) is 27.9 Å². The molecule has 0 N–H and O–H groups in total. The van der Waals surface area contributed by atoms with E-state index in [1.165, 1.54) is 16.2 Å². The molecule has 0 bridgehead atoms. The van der Waals surface area contributed by atoms with Crippen molar-refractivity contribution >= 4 is 15.9 Å². The van der Waals surface area contributed by atoms with Crippen molar-refractivity contribution < 1.29 is 4.74 Å². The van der Waals surface area contributed by atoms with Crippen LogP contribution in [0, 0.1) is 6.07 Å². The molecule has 0 atom stereocenters. The summed E-state index contributed by atoms with van der Waals surface area (Å²) in [6.07, 6.45) is 2.51. The van der Waals surface area contributed by atoms with Crippen molar-refractivity contribution in [3.05, 3.63) is 69.1 Å². The predicted octanol–water partition coefficient (Wildman–Crippen LogP) is 2.63. The lowest BCUT2D eigenvalue weighted by atomic mass is 10.2. The molecule has 0 aliphatic rings. The van der Waals surface area contributed by atoms with Crippen LogP contribution in [0.3, 0.4) is 0 Å². The molecule has 93 valence electrons. The third kappa shape index (κ3) is 3.82. The topological polar surface area (TPSA) is 31.2 Å². The van der Waals surface area contributed by atoms with Gasteiger partial charge in [0.2, 0.25) is 0 Å². The number of ether oxygens (including phenoxy) is 1. The quantitative estimate of drug-likeness (QED) is 0.795. The van der Waals surface area contributed by atoms with Gasteiger partial charge in [0, 0.05) is 22.8 Å². The third-order valence-electron chi connectivity index (χ3n) is 2.49. The SMILES string of the molecule is O=c1c[c]c(Br)cn1COCCc1ccccc1. The van der Waals surface area contributed by atoms with Crippen molar-refractivity contribution in [2.24, 2.45) is 0 Å². The number of aromatic nitrogens is 1. The van der Waals surface area contributed by atoms with Gasteiger partial charge in [0.25, 0.3) is 5.56 Å². The van der Waals surface area contributed by atoms with E-state index in [1.54, 1.807) is 6.20 Å². The molecule has 0 fully saturated rings. The maximum Gasteiger partial charge on any atom is 0.253 e. The summed E-state index contributed by atoms with van der Waals surface area (Å²) in [4.78, 5) is 11.5. The standard InChI is InChI=1S/C14H13BrNO2/c15-13-6-7-14(17)16(10-13)11-18-9-8-12-4-2-1-3-5-12/h1-5,7,10H,8-9,11H2. The molecular formula is C14H13BrNO2. The van der Waals surface area contributed by atoms with Crippen LogP contribution >= 0.6 is 15.9 Å². The summed E-state index contributed by atoms with van der Waals surface area (Å²) in [5.74, 6) is 0. The Morgan fingerprint density at radius 1 is 1.28 bits per heavy atom. The lowest BCUT2D eigenvalue weighted by molar-refractivity contribution is 0.0769. The summed E-state index contributed by atoms with van der Waals surface area (Å²) >= 11 is 3.27. The minimum Gasteiger partial charge on any atom is -0.360 e. The molecule has 0 spiro atoms. The van der Waals surface area contributed by atoms with Crippen LogP contribution in [-0.4, -0.2) is 11.2 Å². The zero-order valence-electron chi connectivity index (χ0n) is 9.80. The van der Waals surface area contributed by atoms with Crippen molar-refractivity contribution in [1.82, 2.24) is 4.57 Å². The molecule has 2 rings (SSSR count). The minimum atomic E-state index is -0.113. The zero-order chi connectivity index (χ0) is 12.8. The van der Waals surface area contributed by atoms with Crippen molar-refractivity contribution in [2.75, 3.05) is 6.61 Å². The van der Waals surface area contributed by atoms with Gasteiger partial charge in [-0.15, -0.1) is 0 Å². The van der Waals surface area contributed by atoms with E-state index in [9.17, 15) is 4.79 Å². The Labute approximate surface area is 114 Å². The Bertz CT molecular complexity index is 551. The van der Waals surface area contributed by atoms with E-state index in [4.69, 9.17) is 4.74 Å². The maximum absolute atomic E-state index is 11.5. The van der Waals surface area contributed by atoms with Crippen LogP contribution in [0.15, 0.2) is 51.9 Å². The molecule has 0 amide bonds. The first-order chi connectivity index (χ1) is 8.75. The number of benzene rings is 1. The van der Waals surface area contributed by atoms with Gasteiger partial charge < -0.3 is 4.74 Å². The van der Waals surface area contributed by atoms with Crippen LogP contribution < -0.4 is 5.56 Å². The van der Waals surface area contributed by atoms with Crippen molar-refractivity contribution in [3.8, 4) is 0 Å². The van der Waals surface area contributed by atoms with Crippen LogP contribution in [0.5, 0.6) is 0 Å². The van der Waals surface area contributed by atoms with Crippen molar-refractivity contribution in [1.29, 1.82) is 0 Å². The molecule has 18 heavy (non-hydrogen) atoms. The van der Waals surface area contributed by atoms with Gasteiger partial charge in [0.05, 0.1) is 6.61 Å². The molecule has 2 aromatic rings. The molecule has 1 radical (unpaired) electrons. The summed E-state index contributed by atoms with van der Waals surface area (Å²) in [5, 5.41) is 0. The first kappa shape index (κ1) is 13.1. The van der Waals surface area contributed by atoms with E-state index in [2.05, 4.69) is 34.1 Å². The molecule has 0 aliphatic heterocycles. The summed E-state index contributed by atoms with van der Waals surface area (Å²) in [6, 6.07) is 14.3. The number of hydrogen-bond donors (Lipinski definition) is 0. The second-order valence-electron chi connectivity index (χ2n) is 3.85. The Hall–Kier alpha value is -1.39. The highest BCUT2D eigenvalue weighted by molar-refractivity contribution is 9.10. The summed E-state index contributed by atoms with van der Waals surface area (Å²) < 4.78 is 7.74. The number of hydrogen-bond acceptors (Lipinski definition) is 2. The smallest absolute Gasteiger partial charge is 0.253 e. The Morgan fingerprint density at radius 2 is 2.06 bits per heavy atom. The molecule has 4 heteroatoms. The molecule has 1 aromatic carbocycles. The van der Waals surface area contributed by atoms with Gasteiger partial charge in [-0.2, -0.15) is 0 Å². The molecule has 1 heterocycles. The highest BCUT2D eigenvalue weighted by Gasteiger charge is 1.97. The fourth-order valence-corrected chi connectivity index (χ4v) is 1.91. The van der Waals surface area contributed by atoms with E-state index >= 15 is 0 Å². The fourth-order valence-electron chi connectivity index (χ4n) is 1.55. The largest absolute Gasteiger partial charge is 0.360 e. The van der Waals surface area contributed by atoms with Gasteiger partial charge in [-0.1, -0.05) is 30.3 Å². The Morgan fingerprint density at radius 3 is 2.83 bits per heavy atom. The Balaban J connectivity index is 1.82. The maximum atomic E-state index is 11.5. The summed E-state index contributed by atoms with van der Waals surface area (Å²) in [7, 11) is 0. The molecule has 1 aromatic heterocycles. The summed E-state index contributed by atoms with van der Waals surface area (Å²) in [6.45, 7) is 0.853. The second-order valence-corrected chi connectivity index (χ2v) is 4.70. The van der Waals surface area contributed by atoms with Gasteiger partial charge in [-0.3, -0.25) is 9.36 Å². The zero-order valence-corrected chi connectivity index (χ0v) is 11.4. The van der Waals surface area contributed by atoms with E-state index < -0.39 is 0 Å². The molecule has 0 aliphatic carbocycles. The van der Waals surface area contributed by atoms with Crippen LogP contribution in [-0.2, 0) is 17.9 Å². The highest BCUT2D eigenvalue weighted by atomic mass is 79.9. The van der Waals surface area contributed by atoms with E-state index in [-0.39, 0.29) is 12.3 Å². The lowest BCUT2D eigenvalue weighted by Gasteiger charge is -2.07. The average molecular weight is 307 g/mol. The van der Waals surface area contributed by atoms with Crippen LogP contribution in [0.25, 0.3) is 0 Å². The second kappa shape index (κ2) is 6.52. The van der Waals surface area contributed by atoms with Gasteiger partial charge in [-0.25, -0.2) is 0 Å². The summed E-state index contributed by atoms with van der Waals surface area (Å²) in [5.41, 5.74) is 1.12. The number of rotatable bonds is 5. The minimum absolute atomic E-state index is 0.113. The molecular weight excluding hydrogens is 294 g/mol. The van der Waals surface area contributed by atoms with Crippen LogP contribution in [0.2, 0.25) is 0 Å². The van der Waals surface area contributed by atoms with Gasteiger partial charge in [0.1, 0.15) is 6.73 Å². The average Bonchev–Trinajstić information content (AvgIpc) is 2.40.